The Morgan fingerprint density at radius 3 is 2.65 bits per heavy atom. The molecule has 90 valence electrons. The molecule has 1 aromatic heterocycles. The van der Waals surface area contributed by atoms with Crippen LogP contribution in [0.5, 0.6) is 0 Å². The molecule has 17 heavy (non-hydrogen) atoms. The second kappa shape index (κ2) is 4.74. The monoisotopic (exact) mass is 229 g/mol. The molecule has 0 fully saturated rings. The van der Waals surface area contributed by atoms with E-state index in [2.05, 4.69) is 24.9 Å². The molecule has 1 heterocycles. The van der Waals surface area contributed by atoms with Crippen LogP contribution in [-0.4, -0.2) is 4.98 Å². The van der Waals surface area contributed by atoms with Gasteiger partial charge in [0.05, 0.1) is 5.52 Å². The summed E-state index contributed by atoms with van der Waals surface area (Å²) >= 11 is 0. The van der Waals surface area contributed by atoms with Gasteiger partial charge in [-0.3, -0.25) is 4.79 Å². The number of benzene rings is 1. The summed E-state index contributed by atoms with van der Waals surface area (Å²) in [5.74, 6) is 0. The number of aryl methyl sites for hydroxylation is 2. The topological polar surface area (TPSA) is 32.9 Å². The number of hydrogen-bond acceptors (Lipinski definition) is 1. The summed E-state index contributed by atoms with van der Waals surface area (Å²) in [4.78, 5) is 15.7. The second-order valence-electron chi connectivity index (χ2n) is 4.50. The average Bonchev–Trinajstić information content (AvgIpc) is 2.34. The van der Waals surface area contributed by atoms with Crippen LogP contribution in [0.25, 0.3) is 10.9 Å². The number of hydrogen-bond donors (Lipinski definition) is 1. The van der Waals surface area contributed by atoms with Crippen molar-refractivity contribution in [1.29, 1.82) is 0 Å². The van der Waals surface area contributed by atoms with E-state index in [0.29, 0.717) is 0 Å². The first-order valence-corrected chi connectivity index (χ1v) is 6.32. The smallest absolute Gasteiger partial charge is 0.192 e. The van der Waals surface area contributed by atoms with Gasteiger partial charge in [-0.05, 0) is 31.4 Å². The van der Waals surface area contributed by atoms with E-state index in [9.17, 15) is 4.79 Å². The van der Waals surface area contributed by atoms with Crippen LogP contribution in [0.15, 0.2) is 23.0 Å². The summed E-state index contributed by atoms with van der Waals surface area (Å²) in [6.07, 6.45) is 2.98. The molecular weight excluding hydrogens is 210 g/mol. The maximum atomic E-state index is 12.2. The number of nitrogens with one attached hydrogen (secondary N) is 1. The van der Waals surface area contributed by atoms with Crippen LogP contribution in [0.4, 0.5) is 0 Å². The maximum Gasteiger partial charge on any atom is 0.192 e. The van der Waals surface area contributed by atoms with E-state index in [1.807, 2.05) is 19.1 Å². The minimum Gasteiger partial charge on any atom is -0.358 e. The number of fused-ring (bicyclic) bond motifs is 1. The molecule has 2 heteroatoms. The number of para-hydroxylation sites is 1. The van der Waals surface area contributed by atoms with Crippen molar-refractivity contribution >= 4 is 10.9 Å². The standard InChI is InChI=1S/C15H19NO/c1-4-7-11-8-6-9-12-14(11)16-13(5-2)10(3)15(12)17/h6,8-9H,4-5,7H2,1-3H3,(H,16,17). The van der Waals surface area contributed by atoms with Gasteiger partial charge >= 0.3 is 0 Å². The predicted molar refractivity (Wildman–Crippen MR) is 72.7 cm³/mol. The van der Waals surface area contributed by atoms with Gasteiger partial charge in [0, 0.05) is 16.6 Å². The zero-order valence-electron chi connectivity index (χ0n) is 10.8. The van der Waals surface area contributed by atoms with Crippen LogP contribution in [0, 0.1) is 6.92 Å². The Hall–Kier alpha value is -1.57. The zero-order chi connectivity index (χ0) is 12.4. The molecule has 2 rings (SSSR count). The number of H-pyrrole nitrogens is 1. The van der Waals surface area contributed by atoms with Crippen molar-refractivity contribution in [1.82, 2.24) is 4.98 Å². The first-order valence-electron chi connectivity index (χ1n) is 6.32. The van der Waals surface area contributed by atoms with Crippen molar-refractivity contribution in [3.05, 3.63) is 45.2 Å². The molecular formula is C15H19NO. The Morgan fingerprint density at radius 2 is 2.00 bits per heavy atom. The second-order valence-corrected chi connectivity index (χ2v) is 4.50. The third-order valence-electron chi connectivity index (χ3n) is 3.34. The Labute approximate surface area is 102 Å². The van der Waals surface area contributed by atoms with Gasteiger partial charge in [-0.2, -0.15) is 0 Å². The van der Waals surface area contributed by atoms with Crippen LogP contribution in [0.2, 0.25) is 0 Å². The molecule has 0 radical (unpaired) electrons. The molecule has 0 saturated carbocycles. The van der Waals surface area contributed by atoms with Gasteiger partial charge in [0.25, 0.3) is 0 Å². The lowest BCUT2D eigenvalue weighted by atomic mass is 10.0. The summed E-state index contributed by atoms with van der Waals surface area (Å²) in [6.45, 7) is 6.14. The molecule has 0 saturated heterocycles. The number of aromatic nitrogens is 1. The summed E-state index contributed by atoms with van der Waals surface area (Å²) in [7, 11) is 0. The van der Waals surface area contributed by atoms with Crippen molar-refractivity contribution in [2.75, 3.05) is 0 Å². The first-order chi connectivity index (χ1) is 8.19. The molecule has 1 aromatic carbocycles. The minimum atomic E-state index is 0.175. The van der Waals surface area contributed by atoms with Gasteiger partial charge in [-0.15, -0.1) is 0 Å². The summed E-state index contributed by atoms with van der Waals surface area (Å²) in [5, 5.41) is 0.825. The van der Waals surface area contributed by atoms with Crippen molar-refractivity contribution in [2.45, 2.75) is 40.0 Å². The molecule has 0 atom stereocenters. The molecule has 0 bridgehead atoms. The van der Waals surface area contributed by atoms with Crippen molar-refractivity contribution in [3.8, 4) is 0 Å². The first kappa shape index (κ1) is 11.9. The number of rotatable bonds is 3. The highest BCUT2D eigenvalue weighted by Crippen LogP contribution is 2.17. The van der Waals surface area contributed by atoms with Gasteiger partial charge in [0.2, 0.25) is 0 Å². The molecule has 2 nitrogen and oxygen atoms in total. The van der Waals surface area contributed by atoms with Gasteiger partial charge in [0.15, 0.2) is 5.43 Å². The normalized spacial score (nSPS) is 11.0. The molecule has 0 aliphatic heterocycles. The Kier molecular flexibility index (Phi) is 3.32. The SMILES string of the molecule is CCCc1cccc2c(=O)c(C)c(CC)[nH]c12. The van der Waals surface area contributed by atoms with E-state index in [1.165, 1.54) is 5.56 Å². The van der Waals surface area contributed by atoms with E-state index < -0.39 is 0 Å². The van der Waals surface area contributed by atoms with Crippen LogP contribution in [-0.2, 0) is 12.8 Å². The third kappa shape index (κ3) is 1.99. The van der Waals surface area contributed by atoms with E-state index in [1.54, 1.807) is 0 Å². The number of pyridine rings is 1. The lowest BCUT2D eigenvalue weighted by molar-refractivity contribution is 0.922. The lowest BCUT2D eigenvalue weighted by Crippen LogP contribution is -2.12. The van der Waals surface area contributed by atoms with E-state index in [0.717, 1.165) is 41.4 Å². The van der Waals surface area contributed by atoms with E-state index >= 15 is 0 Å². The van der Waals surface area contributed by atoms with Crippen molar-refractivity contribution in [3.63, 3.8) is 0 Å². The fourth-order valence-corrected chi connectivity index (χ4v) is 2.35. The van der Waals surface area contributed by atoms with Crippen LogP contribution in [0.3, 0.4) is 0 Å². The summed E-state index contributed by atoms with van der Waals surface area (Å²) in [5.41, 5.74) is 4.37. The molecule has 0 spiro atoms. The van der Waals surface area contributed by atoms with Gasteiger partial charge in [-0.1, -0.05) is 32.4 Å². The molecule has 2 aromatic rings. The molecule has 1 N–H and O–H groups in total. The van der Waals surface area contributed by atoms with E-state index in [4.69, 9.17) is 0 Å². The molecule has 0 aliphatic rings. The Bertz CT molecular complexity index is 596. The van der Waals surface area contributed by atoms with Crippen molar-refractivity contribution in [2.24, 2.45) is 0 Å². The maximum absolute atomic E-state index is 12.2. The molecule has 0 amide bonds. The zero-order valence-corrected chi connectivity index (χ0v) is 10.8. The fourth-order valence-electron chi connectivity index (χ4n) is 2.35. The molecule has 0 unspecified atom stereocenters. The van der Waals surface area contributed by atoms with Crippen LogP contribution >= 0.6 is 0 Å². The average molecular weight is 229 g/mol. The fraction of sp³-hybridized carbons (Fsp3) is 0.400. The van der Waals surface area contributed by atoms with E-state index in [-0.39, 0.29) is 5.43 Å². The van der Waals surface area contributed by atoms with Crippen LogP contribution in [0.1, 0.15) is 37.1 Å². The van der Waals surface area contributed by atoms with Gasteiger partial charge < -0.3 is 4.98 Å². The minimum absolute atomic E-state index is 0.175. The summed E-state index contributed by atoms with van der Waals surface area (Å²) in [6, 6.07) is 6.00. The van der Waals surface area contributed by atoms with Gasteiger partial charge in [-0.25, -0.2) is 0 Å². The lowest BCUT2D eigenvalue weighted by Gasteiger charge is -2.10. The number of aromatic amines is 1. The highest BCUT2D eigenvalue weighted by molar-refractivity contribution is 5.82. The Morgan fingerprint density at radius 1 is 1.24 bits per heavy atom. The quantitative estimate of drug-likeness (QED) is 0.860. The Balaban J connectivity index is 2.82. The van der Waals surface area contributed by atoms with Gasteiger partial charge in [0.1, 0.15) is 0 Å². The highest BCUT2D eigenvalue weighted by atomic mass is 16.1. The molecule has 0 aliphatic carbocycles. The largest absolute Gasteiger partial charge is 0.358 e. The van der Waals surface area contributed by atoms with Crippen molar-refractivity contribution < 1.29 is 0 Å². The predicted octanol–water partition coefficient (Wildman–Crippen LogP) is 3.35. The summed E-state index contributed by atoms with van der Waals surface area (Å²) < 4.78 is 0. The highest BCUT2D eigenvalue weighted by Gasteiger charge is 2.09. The third-order valence-corrected chi connectivity index (χ3v) is 3.34. The van der Waals surface area contributed by atoms with Crippen LogP contribution < -0.4 is 5.43 Å².